The Balaban J connectivity index is 1.97. The van der Waals surface area contributed by atoms with Crippen molar-refractivity contribution in [3.63, 3.8) is 0 Å². The summed E-state index contributed by atoms with van der Waals surface area (Å²) in [5.74, 6) is 1.34. The Kier molecular flexibility index (Phi) is 4.53. The summed E-state index contributed by atoms with van der Waals surface area (Å²) in [5, 5.41) is 4.55. The van der Waals surface area contributed by atoms with E-state index in [9.17, 15) is 4.79 Å². The molecule has 1 aromatic carbocycles. The summed E-state index contributed by atoms with van der Waals surface area (Å²) in [7, 11) is 0. The van der Waals surface area contributed by atoms with Crippen LogP contribution in [0.5, 0.6) is 5.75 Å². The van der Waals surface area contributed by atoms with E-state index in [0.29, 0.717) is 29.7 Å². The van der Waals surface area contributed by atoms with Gasteiger partial charge in [0.15, 0.2) is 0 Å². The number of benzene rings is 1. The normalized spacial score (nSPS) is 16.7. The first-order valence-corrected chi connectivity index (χ1v) is 8.65. The minimum atomic E-state index is -0.0411. The van der Waals surface area contributed by atoms with Gasteiger partial charge in [-0.25, -0.2) is 0 Å². The maximum atomic E-state index is 12.6. The van der Waals surface area contributed by atoms with E-state index in [2.05, 4.69) is 30.7 Å². The fraction of sp³-hybridized carbons (Fsp3) is 0.500. The Hall–Kier alpha value is -1.68. The average molecular weight is 335 g/mol. The third-order valence-corrected chi connectivity index (χ3v) is 4.67. The van der Waals surface area contributed by atoms with E-state index in [4.69, 9.17) is 16.3 Å². The lowest BCUT2D eigenvalue weighted by atomic mass is 10.1. The van der Waals surface area contributed by atoms with Crippen LogP contribution in [0.2, 0.25) is 5.02 Å². The number of rotatable bonds is 5. The minimum absolute atomic E-state index is 0.0411. The first kappa shape index (κ1) is 16.2. The highest BCUT2D eigenvalue weighted by Gasteiger charge is 2.26. The molecule has 2 aromatic rings. The molecule has 3 rings (SSSR count). The van der Waals surface area contributed by atoms with E-state index >= 15 is 0 Å². The van der Waals surface area contributed by atoms with Crippen LogP contribution in [-0.2, 0) is 6.54 Å². The topological polar surface area (TPSA) is 43.3 Å². The molecule has 2 heterocycles. The highest BCUT2D eigenvalue weighted by atomic mass is 35.5. The lowest BCUT2D eigenvalue weighted by Crippen LogP contribution is -2.32. The van der Waals surface area contributed by atoms with Crippen molar-refractivity contribution >= 4 is 28.4 Å². The number of nitrogens with zero attached hydrogens (tertiary/aromatic N) is 1. The van der Waals surface area contributed by atoms with Crippen LogP contribution in [0.25, 0.3) is 10.9 Å². The molecule has 1 aromatic heterocycles. The Bertz CT molecular complexity index is 736. The summed E-state index contributed by atoms with van der Waals surface area (Å²) in [5.41, 5.74) is 1.59. The summed E-state index contributed by atoms with van der Waals surface area (Å²) < 4.78 is 8.06. The zero-order chi connectivity index (χ0) is 16.6. The van der Waals surface area contributed by atoms with Gasteiger partial charge in [0.05, 0.1) is 17.1 Å². The monoisotopic (exact) mass is 334 g/mol. The van der Waals surface area contributed by atoms with Crippen molar-refractivity contribution in [1.29, 1.82) is 0 Å². The fourth-order valence-electron chi connectivity index (χ4n) is 2.98. The molecule has 0 saturated heterocycles. The quantitative estimate of drug-likeness (QED) is 0.888. The maximum Gasteiger partial charge on any atom is 0.267 e. The number of hydrogen-bond donors (Lipinski definition) is 1. The molecule has 0 fully saturated rings. The van der Waals surface area contributed by atoms with E-state index in [1.54, 1.807) is 0 Å². The molecule has 23 heavy (non-hydrogen) atoms. The lowest BCUT2D eigenvalue weighted by Gasteiger charge is -2.26. The van der Waals surface area contributed by atoms with E-state index in [-0.39, 0.29) is 12.0 Å². The second-order valence-electron chi connectivity index (χ2n) is 6.53. The van der Waals surface area contributed by atoms with Gasteiger partial charge in [-0.1, -0.05) is 32.4 Å². The number of carbonyl (C=O) groups is 1. The number of ether oxygens (including phenoxy) is 1. The fourth-order valence-corrected chi connectivity index (χ4v) is 3.19. The van der Waals surface area contributed by atoms with Gasteiger partial charge in [-0.05, 0) is 37.0 Å². The lowest BCUT2D eigenvalue weighted by molar-refractivity contribution is 0.0936. The Morgan fingerprint density at radius 2 is 2.26 bits per heavy atom. The Morgan fingerprint density at radius 1 is 1.48 bits per heavy atom. The number of halogens is 1. The second-order valence-corrected chi connectivity index (χ2v) is 6.94. The molecular weight excluding hydrogens is 312 g/mol. The molecule has 124 valence electrons. The molecular formula is C18H23ClN2O2. The maximum absolute atomic E-state index is 12.6. The first-order valence-electron chi connectivity index (χ1n) is 8.27. The SMILES string of the molecule is CC[C@H]1Cn2c(C(=O)NCCC(C)C)cc3c(Cl)ccc(c32)O1. The van der Waals surface area contributed by atoms with Crippen molar-refractivity contribution in [2.75, 3.05) is 6.54 Å². The van der Waals surface area contributed by atoms with Crippen LogP contribution in [0, 0.1) is 5.92 Å². The number of amides is 1. The summed E-state index contributed by atoms with van der Waals surface area (Å²) in [4.78, 5) is 12.6. The molecule has 1 amide bonds. The molecule has 0 saturated carbocycles. The van der Waals surface area contributed by atoms with Gasteiger partial charge in [0.1, 0.15) is 17.5 Å². The molecule has 1 atom stereocenters. The number of nitrogens with one attached hydrogen (secondary N) is 1. The molecule has 1 aliphatic heterocycles. The summed E-state index contributed by atoms with van der Waals surface area (Å²) >= 11 is 6.32. The van der Waals surface area contributed by atoms with Crippen LogP contribution in [0.4, 0.5) is 0 Å². The summed E-state index contributed by atoms with van der Waals surface area (Å²) in [6, 6.07) is 5.61. The standard InChI is InChI=1S/C18H23ClN2O2/c1-4-12-10-21-15(18(22)20-8-7-11(2)3)9-13-14(19)5-6-16(23-12)17(13)21/h5-6,9,11-12H,4,7-8,10H2,1-3H3,(H,20,22)/t12-/m0/s1. The van der Waals surface area contributed by atoms with E-state index in [1.165, 1.54) is 0 Å². The number of aromatic nitrogens is 1. The van der Waals surface area contributed by atoms with Crippen LogP contribution in [0.1, 0.15) is 44.1 Å². The molecule has 1 N–H and O–H groups in total. The number of hydrogen-bond acceptors (Lipinski definition) is 2. The minimum Gasteiger partial charge on any atom is -0.486 e. The molecule has 0 bridgehead atoms. The van der Waals surface area contributed by atoms with Gasteiger partial charge in [0.25, 0.3) is 5.91 Å². The molecule has 1 aliphatic rings. The molecule has 4 nitrogen and oxygen atoms in total. The van der Waals surface area contributed by atoms with E-state index in [1.807, 2.05) is 18.2 Å². The van der Waals surface area contributed by atoms with Gasteiger partial charge >= 0.3 is 0 Å². The van der Waals surface area contributed by atoms with Gasteiger partial charge in [0, 0.05) is 11.9 Å². The Morgan fingerprint density at radius 3 is 2.96 bits per heavy atom. The third kappa shape index (κ3) is 3.05. The molecule has 5 heteroatoms. The predicted octanol–water partition coefficient (Wildman–Crippen LogP) is 4.24. The molecule has 0 aliphatic carbocycles. The van der Waals surface area contributed by atoms with Crippen molar-refractivity contribution in [2.24, 2.45) is 5.92 Å². The summed E-state index contributed by atoms with van der Waals surface area (Å²) in [6.07, 6.45) is 1.95. The van der Waals surface area contributed by atoms with Crippen LogP contribution in [0.3, 0.4) is 0 Å². The highest BCUT2D eigenvalue weighted by molar-refractivity contribution is 6.36. The molecule has 0 spiro atoms. The molecule has 0 radical (unpaired) electrons. The van der Waals surface area contributed by atoms with Crippen LogP contribution >= 0.6 is 11.6 Å². The van der Waals surface area contributed by atoms with Gasteiger partial charge < -0.3 is 14.6 Å². The van der Waals surface area contributed by atoms with Gasteiger partial charge in [-0.2, -0.15) is 0 Å². The van der Waals surface area contributed by atoms with Crippen molar-refractivity contribution in [3.8, 4) is 5.75 Å². The van der Waals surface area contributed by atoms with Crippen LogP contribution in [-0.4, -0.2) is 23.1 Å². The smallest absolute Gasteiger partial charge is 0.267 e. The van der Waals surface area contributed by atoms with Crippen molar-refractivity contribution in [1.82, 2.24) is 9.88 Å². The number of carbonyl (C=O) groups excluding carboxylic acids is 1. The third-order valence-electron chi connectivity index (χ3n) is 4.34. The Labute approximate surface area is 141 Å². The molecule has 0 unspecified atom stereocenters. The van der Waals surface area contributed by atoms with E-state index in [0.717, 1.165) is 29.5 Å². The first-order chi connectivity index (χ1) is 11.0. The van der Waals surface area contributed by atoms with Crippen LogP contribution in [0.15, 0.2) is 18.2 Å². The van der Waals surface area contributed by atoms with Crippen molar-refractivity contribution in [3.05, 3.63) is 28.9 Å². The van der Waals surface area contributed by atoms with Crippen LogP contribution < -0.4 is 10.1 Å². The predicted molar refractivity (Wildman–Crippen MR) is 93.4 cm³/mol. The van der Waals surface area contributed by atoms with Crippen molar-refractivity contribution < 1.29 is 9.53 Å². The van der Waals surface area contributed by atoms with Gasteiger partial charge in [0.2, 0.25) is 0 Å². The largest absolute Gasteiger partial charge is 0.486 e. The van der Waals surface area contributed by atoms with Gasteiger partial charge in [-0.15, -0.1) is 0 Å². The second kappa shape index (κ2) is 6.44. The zero-order valence-electron chi connectivity index (χ0n) is 13.9. The van der Waals surface area contributed by atoms with E-state index < -0.39 is 0 Å². The average Bonchev–Trinajstić information content (AvgIpc) is 2.91. The summed E-state index contributed by atoms with van der Waals surface area (Å²) in [6.45, 7) is 7.76. The highest BCUT2D eigenvalue weighted by Crippen LogP contribution is 2.38. The van der Waals surface area contributed by atoms with Gasteiger partial charge in [-0.3, -0.25) is 4.79 Å². The van der Waals surface area contributed by atoms with Crippen molar-refractivity contribution in [2.45, 2.75) is 46.3 Å². The zero-order valence-corrected chi connectivity index (χ0v) is 14.6.